The summed E-state index contributed by atoms with van der Waals surface area (Å²) < 4.78 is 5.71. The van der Waals surface area contributed by atoms with Gasteiger partial charge < -0.3 is 9.40 Å². The summed E-state index contributed by atoms with van der Waals surface area (Å²) in [5.41, 5.74) is 4.38. The van der Waals surface area contributed by atoms with Gasteiger partial charge in [0.25, 0.3) is 5.56 Å². The number of aromatic amines is 1. The number of hydrogen-bond donors (Lipinski definition) is 1. The lowest BCUT2D eigenvalue weighted by Crippen LogP contribution is -2.36. The maximum atomic E-state index is 13.0. The van der Waals surface area contributed by atoms with Crippen LogP contribution in [0.3, 0.4) is 0 Å². The molecule has 0 saturated carbocycles. The molecule has 32 heavy (non-hydrogen) atoms. The first-order valence-corrected chi connectivity index (χ1v) is 11.0. The van der Waals surface area contributed by atoms with Crippen LogP contribution in [0.2, 0.25) is 5.02 Å². The number of nitrogens with zero attached hydrogens (tertiary/aromatic N) is 2. The highest BCUT2D eigenvalue weighted by Gasteiger charge is 2.23. The fourth-order valence-electron chi connectivity index (χ4n) is 4.15. The lowest BCUT2D eigenvalue weighted by Gasteiger charge is -2.27. The Bertz CT molecular complexity index is 1420. The summed E-state index contributed by atoms with van der Waals surface area (Å²) in [6.45, 7) is 3.62. The van der Waals surface area contributed by atoms with Crippen molar-refractivity contribution in [3.8, 4) is 11.4 Å². The summed E-state index contributed by atoms with van der Waals surface area (Å²) in [7, 11) is 0. The molecule has 4 aromatic rings. The third-order valence-corrected chi connectivity index (χ3v) is 6.23. The summed E-state index contributed by atoms with van der Waals surface area (Å²) >= 11 is 5.96. The average Bonchev–Trinajstić information content (AvgIpc) is 2.81. The van der Waals surface area contributed by atoms with E-state index in [1.165, 1.54) is 6.26 Å². The number of aromatic nitrogens is 2. The number of nitrogens with one attached hydrogen (secondary N) is 1. The zero-order valence-electron chi connectivity index (χ0n) is 17.7. The van der Waals surface area contributed by atoms with E-state index in [1.54, 1.807) is 12.1 Å². The molecule has 0 amide bonds. The number of hydrogen-bond acceptors (Lipinski definition) is 5. The Balaban J connectivity index is 1.41. The van der Waals surface area contributed by atoms with Crippen LogP contribution in [0.25, 0.3) is 22.4 Å². The van der Waals surface area contributed by atoms with E-state index in [1.807, 2.05) is 30.3 Å². The lowest BCUT2D eigenvalue weighted by atomic mass is 10.0. The van der Waals surface area contributed by atoms with Gasteiger partial charge >= 0.3 is 0 Å². The van der Waals surface area contributed by atoms with E-state index in [-0.39, 0.29) is 11.0 Å². The molecule has 0 bridgehead atoms. The topological polar surface area (TPSA) is 79.2 Å². The highest BCUT2D eigenvalue weighted by molar-refractivity contribution is 6.30. The molecular weight excluding hydrogens is 426 g/mol. The first-order chi connectivity index (χ1) is 15.5. The van der Waals surface area contributed by atoms with Gasteiger partial charge in [0, 0.05) is 42.2 Å². The molecule has 0 aliphatic carbocycles. The minimum absolute atomic E-state index is 0.0162. The van der Waals surface area contributed by atoms with Gasteiger partial charge in [0.05, 0.1) is 22.9 Å². The first-order valence-electron chi connectivity index (χ1n) is 10.7. The molecule has 162 valence electrons. The zero-order valence-corrected chi connectivity index (χ0v) is 18.4. The van der Waals surface area contributed by atoms with Crippen molar-refractivity contribution in [1.29, 1.82) is 0 Å². The van der Waals surface area contributed by atoms with Gasteiger partial charge in [-0.1, -0.05) is 24.6 Å². The Morgan fingerprint density at radius 1 is 1.16 bits per heavy atom. The molecule has 0 unspecified atom stereocenters. The molecule has 2 aromatic carbocycles. The lowest BCUT2D eigenvalue weighted by molar-refractivity contribution is 0.239. The van der Waals surface area contributed by atoms with Gasteiger partial charge in [-0.25, -0.2) is 4.98 Å². The Kier molecular flexibility index (Phi) is 5.41. The van der Waals surface area contributed by atoms with Crippen molar-refractivity contribution >= 4 is 22.6 Å². The third kappa shape index (κ3) is 3.87. The van der Waals surface area contributed by atoms with E-state index >= 15 is 0 Å². The van der Waals surface area contributed by atoms with E-state index < -0.39 is 0 Å². The van der Waals surface area contributed by atoms with Gasteiger partial charge in [-0.3, -0.25) is 14.5 Å². The van der Waals surface area contributed by atoms with Gasteiger partial charge in [-0.05, 0) is 48.4 Å². The normalized spacial score (nSPS) is 13.9. The van der Waals surface area contributed by atoms with Crippen molar-refractivity contribution in [3.05, 3.63) is 96.7 Å². The predicted octanol–water partition coefficient (Wildman–Crippen LogP) is 4.32. The van der Waals surface area contributed by atoms with Gasteiger partial charge in [0.2, 0.25) is 0 Å². The molecule has 1 N–H and O–H groups in total. The van der Waals surface area contributed by atoms with Crippen LogP contribution in [-0.2, 0) is 25.9 Å². The number of benzene rings is 2. The summed E-state index contributed by atoms with van der Waals surface area (Å²) in [5, 5.41) is 1.24. The molecule has 1 aliphatic heterocycles. The standard InChI is InChI=1S/C25H22ClN3O3/c1-2-15-3-8-22-19(11-15)23(30)17(14-32-22)12-29-10-9-21-20(13-29)25(31)28-24(27-21)16-4-6-18(26)7-5-16/h3-8,11,14H,2,9-10,12-13H2,1H3,(H,27,28,31). The van der Waals surface area contributed by atoms with Crippen LogP contribution in [0.5, 0.6) is 0 Å². The van der Waals surface area contributed by atoms with Gasteiger partial charge in [-0.2, -0.15) is 0 Å². The van der Waals surface area contributed by atoms with Crippen LogP contribution in [0.1, 0.15) is 29.3 Å². The summed E-state index contributed by atoms with van der Waals surface area (Å²) in [6, 6.07) is 13.0. The molecule has 0 atom stereocenters. The molecule has 5 rings (SSSR count). The molecule has 6 nitrogen and oxygen atoms in total. The van der Waals surface area contributed by atoms with Crippen LogP contribution in [0.15, 0.2) is 62.7 Å². The second kappa shape index (κ2) is 8.37. The molecule has 0 saturated heterocycles. The number of aryl methyl sites for hydroxylation is 1. The van der Waals surface area contributed by atoms with Crippen LogP contribution in [0.4, 0.5) is 0 Å². The van der Waals surface area contributed by atoms with Crippen molar-refractivity contribution < 1.29 is 4.42 Å². The number of halogens is 1. The highest BCUT2D eigenvalue weighted by atomic mass is 35.5. The summed E-state index contributed by atoms with van der Waals surface area (Å²) in [5.74, 6) is 0.542. The molecule has 1 aliphatic rings. The second-order valence-electron chi connectivity index (χ2n) is 8.08. The minimum atomic E-state index is -0.150. The van der Waals surface area contributed by atoms with Crippen molar-refractivity contribution in [2.75, 3.05) is 6.54 Å². The van der Waals surface area contributed by atoms with E-state index in [2.05, 4.69) is 21.8 Å². The van der Waals surface area contributed by atoms with Crippen LogP contribution >= 0.6 is 11.6 Å². The van der Waals surface area contributed by atoms with E-state index in [0.29, 0.717) is 59.0 Å². The summed E-state index contributed by atoms with van der Waals surface area (Å²) in [4.78, 5) is 35.5. The van der Waals surface area contributed by atoms with Crippen molar-refractivity contribution in [1.82, 2.24) is 14.9 Å². The maximum absolute atomic E-state index is 13.0. The largest absolute Gasteiger partial charge is 0.464 e. The Hall–Kier alpha value is -3.22. The van der Waals surface area contributed by atoms with Gasteiger partial charge in [0.1, 0.15) is 11.4 Å². The Morgan fingerprint density at radius 2 is 1.97 bits per heavy atom. The van der Waals surface area contributed by atoms with Crippen LogP contribution in [-0.4, -0.2) is 21.4 Å². The van der Waals surface area contributed by atoms with E-state index in [9.17, 15) is 9.59 Å². The molecule has 3 heterocycles. The zero-order chi connectivity index (χ0) is 22.2. The Labute approximate surface area is 189 Å². The maximum Gasteiger partial charge on any atom is 0.255 e. The average molecular weight is 448 g/mol. The molecule has 7 heteroatoms. The second-order valence-corrected chi connectivity index (χ2v) is 8.52. The fraction of sp³-hybridized carbons (Fsp3) is 0.240. The van der Waals surface area contributed by atoms with E-state index in [4.69, 9.17) is 16.0 Å². The smallest absolute Gasteiger partial charge is 0.255 e. The quantitative estimate of drug-likeness (QED) is 0.504. The SMILES string of the molecule is CCc1ccc2occ(CN3CCc4nc(-c5ccc(Cl)cc5)[nH]c(=O)c4C3)c(=O)c2c1. The molecule has 0 radical (unpaired) electrons. The Morgan fingerprint density at radius 3 is 2.75 bits per heavy atom. The van der Waals surface area contributed by atoms with Crippen molar-refractivity contribution in [3.63, 3.8) is 0 Å². The fourth-order valence-corrected chi connectivity index (χ4v) is 4.27. The molecule has 0 fully saturated rings. The van der Waals surface area contributed by atoms with Gasteiger partial charge in [0.15, 0.2) is 5.43 Å². The van der Waals surface area contributed by atoms with Crippen LogP contribution < -0.4 is 11.0 Å². The third-order valence-electron chi connectivity index (χ3n) is 5.98. The summed E-state index contributed by atoms with van der Waals surface area (Å²) in [6.07, 6.45) is 3.03. The number of H-pyrrole nitrogens is 1. The monoisotopic (exact) mass is 447 g/mol. The van der Waals surface area contributed by atoms with Gasteiger partial charge in [-0.15, -0.1) is 0 Å². The molecule has 2 aromatic heterocycles. The number of rotatable bonds is 4. The van der Waals surface area contributed by atoms with E-state index in [0.717, 1.165) is 23.2 Å². The number of fused-ring (bicyclic) bond motifs is 2. The highest BCUT2D eigenvalue weighted by Crippen LogP contribution is 2.22. The van der Waals surface area contributed by atoms with Crippen molar-refractivity contribution in [2.24, 2.45) is 0 Å². The first kappa shape index (κ1) is 20.7. The predicted molar refractivity (Wildman–Crippen MR) is 125 cm³/mol. The minimum Gasteiger partial charge on any atom is -0.464 e. The molecular formula is C25H22ClN3O3. The van der Waals surface area contributed by atoms with Crippen molar-refractivity contribution in [2.45, 2.75) is 32.9 Å². The van der Waals surface area contributed by atoms with Crippen LogP contribution in [0, 0.1) is 0 Å². The molecule has 0 spiro atoms.